The minimum atomic E-state index is -3.56. The van der Waals surface area contributed by atoms with Gasteiger partial charge in [0.25, 0.3) is 0 Å². The van der Waals surface area contributed by atoms with Crippen molar-refractivity contribution in [1.29, 1.82) is 0 Å². The quantitative estimate of drug-likeness (QED) is 0.844. The van der Waals surface area contributed by atoms with Gasteiger partial charge in [0.15, 0.2) is 0 Å². The highest BCUT2D eigenvalue weighted by atomic mass is 79.9. The molecule has 9 heteroatoms. The van der Waals surface area contributed by atoms with Gasteiger partial charge in [-0.2, -0.15) is 0 Å². The minimum Gasteiger partial charge on any atom is -0.352 e. The Labute approximate surface area is 122 Å². The summed E-state index contributed by atoms with van der Waals surface area (Å²) in [5.41, 5.74) is 0. The van der Waals surface area contributed by atoms with Crippen molar-refractivity contribution in [2.24, 2.45) is 0 Å². The van der Waals surface area contributed by atoms with Gasteiger partial charge in [0.05, 0.1) is 8.81 Å². The predicted molar refractivity (Wildman–Crippen MR) is 73.4 cm³/mol. The Morgan fingerprint density at radius 1 is 1.61 bits per heavy atom. The fraction of sp³-hybridized carbons (Fsp3) is 0.444. The molecule has 1 aliphatic rings. The Bertz CT molecular complexity index is 553. The third kappa shape index (κ3) is 3.24. The van der Waals surface area contributed by atoms with Crippen LogP contribution in [0.5, 0.6) is 0 Å². The van der Waals surface area contributed by atoms with Crippen LogP contribution in [0, 0.1) is 0 Å². The number of halogens is 2. The maximum atomic E-state index is 11.9. The Morgan fingerprint density at radius 2 is 2.33 bits per heavy atom. The summed E-state index contributed by atoms with van der Waals surface area (Å²) in [6, 6.07) is 1.26. The molecule has 2 N–H and O–H groups in total. The van der Waals surface area contributed by atoms with E-state index in [2.05, 4.69) is 26.0 Å². The molecule has 1 amide bonds. The summed E-state index contributed by atoms with van der Waals surface area (Å²) in [7, 11) is -3.56. The normalized spacial score (nSPS) is 20.1. The highest BCUT2D eigenvalue weighted by Gasteiger charge is 2.24. The molecule has 0 aromatic carbocycles. The molecule has 5 nitrogen and oxygen atoms in total. The van der Waals surface area contributed by atoms with Gasteiger partial charge in [0.2, 0.25) is 15.9 Å². The molecule has 1 aromatic rings. The second kappa shape index (κ2) is 5.46. The number of carbonyl (C=O) groups is 1. The summed E-state index contributed by atoms with van der Waals surface area (Å²) in [5.74, 6) is -0.0406. The van der Waals surface area contributed by atoms with Crippen molar-refractivity contribution < 1.29 is 13.2 Å². The van der Waals surface area contributed by atoms with Gasteiger partial charge in [-0.05, 0) is 28.4 Å². The van der Waals surface area contributed by atoms with Crippen molar-refractivity contribution in [3.05, 3.63) is 14.9 Å². The zero-order chi connectivity index (χ0) is 13.3. The molecule has 1 atom stereocenters. The molecule has 1 fully saturated rings. The number of thiophene rings is 1. The fourth-order valence-corrected chi connectivity index (χ4v) is 5.10. The van der Waals surface area contributed by atoms with E-state index >= 15 is 0 Å². The average molecular weight is 374 g/mol. The number of sulfonamides is 1. The predicted octanol–water partition coefficient (Wildman–Crippen LogP) is 1.72. The van der Waals surface area contributed by atoms with Crippen molar-refractivity contribution in [2.75, 3.05) is 6.54 Å². The third-order valence-electron chi connectivity index (χ3n) is 2.49. The molecule has 0 spiro atoms. The molecule has 0 saturated carbocycles. The molecule has 1 saturated heterocycles. The van der Waals surface area contributed by atoms with Crippen LogP contribution in [0.4, 0.5) is 0 Å². The van der Waals surface area contributed by atoms with Crippen molar-refractivity contribution in [1.82, 2.24) is 10.0 Å². The Kier molecular flexibility index (Phi) is 4.32. The molecule has 18 heavy (non-hydrogen) atoms. The van der Waals surface area contributed by atoms with Gasteiger partial charge in [-0.3, -0.25) is 4.79 Å². The van der Waals surface area contributed by atoms with Crippen LogP contribution in [0.2, 0.25) is 5.02 Å². The van der Waals surface area contributed by atoms with E-state index in [1.807, 2.05) is 0 Å². The summed E-state index contributed by atoms with van der Waals surface area (Å²) >= 11 is 10.0. The molecule has 0 bridgehead atoms. The molecule has 2 rings (SSSR count). The Morgan fingerprint density at radius 3 is 2.83 bits per heavy atom. The lowest BCUT2D eigenvalue weighted by Crippen LogP contribution is -2.38. The summed E-state index contributed by atoms with van der Waals surface area (Å²) in [6.45, 7) is 0.196. The number of carbonyl (C=O) groups excluding carboxylic acids is 1. The molecule has 100 valence electrons. The maximum Gasteiger partial charge on any atom is 0.250 e. The number of nitrogens with one attached hydrogen (secondary N) is 2. The lowest BCUT2D eigenvalue weighted by Gasteiger charge is -2.10. The summed E-state index contributed by atoms with van der Waals surface area (Å²) < 4.78 is 27.1. The van der Waals surface area contributed by atoms with E-state index in [-0.39, 0.29) is 22.7 Å². The first-order valence-corrected chi connectivity index (χ1v) is 8.59. The SMILES string of the molecule is O=C1CCC(CNS(=O)(=O)c2cc(Cl)c(Br)s2)N1. The maximum absolute atomic E-state index is 11.9. The van der Waals surface area contributed by atoms with Crippen molar-refractivity contribution in [3.8, 4) is 0 Å². The van der Waals surface area contributed by atoms with Crippen LogP contribution in [-0.2, 0) is 14.8 Å². The van der Waals surface area contributed by atoms with E-state index in [0.29, 0.717) is 21.7 Å². The van der Waals surface area contributed by atoms with E-state index in [1.54, 1.807) is 0 Å². The molecule has 2 heterocycles. The first-order valence-electron chi connectivity index (χ1n) is 5.12. The zero-order valence-electron chi connectivity index (χ0n) is 9.07. The third-order valence-corrected chi connectivity index (χ3v) is 6.86. The zero-order valence-corrected chi connectivity index (χ0v) is 13.0. The van der Waals surface area contributed by atoms with E-state index in [0.717, 1.165) is 11.3 Å². The van der Waals surface area contributed by atoms with E-state index in [9.17, 15) is 13.2 Å². The second-order valence-corrected chi connectivity index (χ2v) is 8.61. The Balaban J connectivity index is 2.01. The van der Waals surface area contributed by atoms with Gasteiger partial charge in [-0.25, -0.2) is 13.1 Å². The highest BCUT2D eigenvalue weighted by Crippen LogP contribution is 2.34. The lowest BCUT2D eigenvalue weighted by molar-refractivity contribution is -0.119. The molecule has 1 aromatic heterocycles. The number of hydrogen-bond acceptors (Lipinski definition) is 4. The van der Waals surface area contributed by atoms with Gasteiger partial charge in [0.1, 0.15) is 4.21 Å². The van der Waals surface area contributed by atoms with Crippen LogP contribution in [-0.4, -0.2) is 26.9 Å². The average Bonchev–Trinajstić information content (AvgIpc) is 2.84. The molecule has 0 radical (unpaired) electrons. The van der Waals surface area contributed by atoms with Gasteiger partial charge in [-0.15, -0.1) is 11.3 Å². The first-order chi connectivity index (χ1) is 8.38. The largest absolute Gasteiger partial charge is 0.352 e. The van der Waals surface area contributed by atoms with Crippen LogP contribution >= 0.6 is 38.9 Å². The number of amides is 1. The summed E-state index contributed by atoms with van der Waals surface area (Å²) in [5, 5.41) is 3.07. The standard InChI is InChI=1S/C9H10BrClN2O3S2/c10-9-6(11)3-8(17-9)18(15,16)12-4-5-1-2-7(14)13-5/h3,5,12H,1-2,4H2,(H,13,14). The topological polar surface area (TPSA) is 75.3 Å². The number of rotatable bonds is 4. The van der Waals surface area contributed by atoms with Gasteiger partial charge < -0.3 is 5.32 Å². The summed E-state index contributed by atoms with van der Waals surface area (Å²) in [6.07, 6.45) is 1.10. The number of hydrogen-bond donors (Lipinski definition) is 2. The fourth-order valence-electron chi connectivity index (χ4n) is 1.57. The van der Waals surface area contributed by atoms with Crippen molar-refractivity contribution >= 4 is 54.8 Å². The van der Waals surface area contributed by atoms with Crippen LogP contribution in [0.1, 0.15) is 12.8 Å². The molecular formula is C9H10BrClN2O3S2. The monoisotopic (exact) mass is 372 g/mol. The van der Waals surface area contributed by atoms with Crippen LogP contribution in [0.15, 0.2) is 14.1 Å². The van der Waals surface area contributed by atoms with Gasteiger partial charge in [-0.1, -0.05) is 11.6 Å². The lowest BCUT2D eigenvalue weighted by atomic mass is 10.2. The highest BCUT2D eigenvalue weighted by molar-refractivity contribution is 9.11. The summed E-state index contributed by atoms with van der Waals surface area (Å²) in [4.78, 5) is 11.0. The Hall–Kier alpha value is -0.150. The molecule has 1 aliphatic heterocycles. The minimum absolute atomic E-state index is 0.0406. The van der Waals surface area contributed by atoms with Gasteiger partial charge >= 0.3 is 0 Å². The smallest absolute Gasteiger partial charge is 0.250 e. The molecule has 0 aliphatic carbocycles. The first kappa shape index (κ1) is 14.3. The van der Waals surface area contributed by atoms with E-state index < -0.39 is 10.0 Å². The van der Waals surface area contributed by atoms with Gasteiger partial charge in [0, 0.05) is 19.0 Å². The molecule has 1 unspecified atom stereocenters. The van der Waals surface area contributed by atoms with E-state index in [4.69, 9.17) is 11.6 Å². The van der Waals surface area contributed by atoms with E-state index in [1.165, 1.54) is 6.07 Å². The van der Waals surface area contributed by atoms with Crippen molar-refractivity contribution in [2.45, 2.75) is 23.1 Å². The van der Waals surface area contributed by atoms with Crippen LogP contribution < -0.4 is 10.0 Å². The van der Waals surface area contributed by atoms with Crippen LogP contribution in [0.3, 0.4) is 0 Å². The van der Waals surface area contributed by atoms with Crippen molar-refractivity contribution in [3.63, 3.8) is 0 Å². The molecular weight excluding hydrogens is 364 g/mol. The van der Waals surface area contributed by atoms with Crippen LogP contribution in [0.25, 0.3) is 0 Å². The second-order valence-electron chi connectivity index (χ2n) is 3.84.